The lowest BCUT2D eigenvalue weighted by Gasteiger charge is -2.10. The summed E-state index contributed by atoms with van der Waals surface area (Å²) in [6.07, 6.45) is 0. The van der Waals surface area contributed by atoms with Gasteiger partial charge in [0.2, 0.25) is 5.75 Å². The van der Waals surface area contributed by atoms with Crippen LogP contribution in [0.5, 0.6) is 11.5 Å². The fourth-order valence-electron chi connectivity index (χ4n) is 1.61. The van der Waals surface area contributed by atoms with Crippen LogP contribution in [0, 0.1) is 10.1 Å². The smallest absolute Gasteiger partial charge is 0.312 e. The Balaban J connectivity index is 2.42. The van der Waals surface area contributed by atoms with Gasteiger partial charge in [0.05, 0.1) is 11.5 Å². The van der Waals surface area contributed by atoms with Gasteiger partial charge in [-0.05, 0) is 30.3 Å². The highest BCUT2D eigenvalue weighted by Gasteiger charge is 2.17. The minimum absolute atomic E-state index is 0.121. The summed E-state index contributed by atoms with van der Waals surface area (Å²) in [7, 11) is 0. The standard InChI is InChI=1S/C13H9Br2NO4/c14-9-1-3-12(8(5-9)7-17)20-13-4-2-10(15)6-11(13)16(18)19/h1-6,17H,7H2. The summed E-state index contributed by atoms with van der Waals surface area (Å²) >= 11 is 6.47. The number of aliphatic hydroxyl groups is 1. The SMILES string of the molecule is O=[N+]([O-])c1cc(Br)ccc1Oc1ccc(Br)cc1CO. The van der Waals surface area contributed by atoms with Crippen LogP contribution in [-0.4, -0.2) is 10.0 Å². The summed E-state index contributed by atoms with van der Waals surface area (Å²) in [4.78, 5) is 10.5. The van der Waals surface area contributed by atoms with E-state index in [1.54, 1.807) is 24.3 Å². The van der Waals surface area contributed by atoms with E-state index < -0.39 is 4.92 Å². The predicted octanol–water partition coefficient (Wildman–Crippen LogP) is 4.40. The van der Waals surface area contributed by atoms with Gasteiger partial charge in [-0.1, -0.05) is 31.9 Å². The van der Waals surface area contributed by atoms with E-state index in [4.69, 9.17) is 4.74 Å². The van der Waals surface area contributed by atoms with E-state index in [-0.39, 0.29) is 18.0 Å². The Labute approximate surface area is 131 Å². The highest BCUT2D eigenvalue weighted by Crippen LogP contribution is 2.35. The lowest BCUT2D eigenvalue weighted by atomic mass is 10.2. The van der Waals surface area contributed by atoms with Crippen LogP contribution in [0.25, 0.3) is 0 Å². The zero-order chi connectivity index (χ0) is 14.7. The van der Waals surface area contributed by atoms with Gasteiger partial charge in [-0.25, -0.2) is 0 Å². The van der Waals surface area contributed by atoms with Crippen LogP contribution in [0.15, 0.2) is 45.3 Å². The third-order valence-corrected chi connectivity index (χ3v) is 3.52. The predicted molar refractivity (Wildman–Crippen MR) is 80.9 cm³/mol. The largest absolute Gasteiger partial charge is 0.450 e. The first-order valence-electron chi connectivity index (χ1n) is 5.52. The van der Waals surface area contributed by atoms with Crippen molar-refractivity contribution in [2.24, 2.45) is 0 Å². The second-order valence-electron chi connectivity index (χ2n) is 3.88. The Hall–Kier alpha value is -1.44. The minimum Gasteiger partial charge on any atom is -0.450 e. The average molecular weight is 403 g/mol. The van der Waals surface area contributed by atoms with Crippen molar-refractivity contribution in [3.8, 4) is 11.5 Å². The van der Waals surface area contributed by atoms with E-state index in [0.717, 1.165) is 4.47 Å². The first kappa shape index (κ1) is 15.0. The third-order valence-electron chi connectivity index (χ3n) is 2.53. The van der Waals surface area contributed by atoms with Gasteiger partial charge in [-0.3, -0.25) is 10.1 Å². The normalized spacial score (nSPS) is 10.3. The summed E-state index contributed by atoms with van der Waals surface area (Å²) in [6.45, 7) is -0.223. The fraction of sp³-hybridized carbons (Fsp3) is 0.0769. The van der Waals surface area contributed by atoms with Gasteiger partial charge in [0.1, 0.15) is 5.75 Å². The van der Waals surface area contributed by atoms with Crippen molar-refractivity contribution in [3.63, 3.8) is 0 Å². The summed E-state index contributed by atoms with van der Waals surface area (Å²) in [6, 6.07) is 9.60. The molecule has 2 aromatic rings. The molecule has 1 N–H and O–H groups in total. The van der Waals surface area contributed by atoms with Gasteiger partial charge in [-0.2, -0.15) is 0 Å². The Bertz CT molecular complexity index is 661. The number of rotatable bonds is 4. The van der Waals surface area contributed by atoms with Crippen molar-refractivity contribution in [2.75, 3.05) is 0 Å². The van der Waals surface area contributed by atoms with Crippen LogP contribution >= 0.6 is 31.9 Å². The van der Waals surface area contributed by atoms with Crippen LogP contribution in [0.4, 0.5) is 5.69 Å². The number of nitrogens with zero attached hydrogens (tertiary/aromatic N) is 1. The lowest BCUT2D eigenvalue weighted by molar-refractivity contribution is -0.385. The zero-order valence-electron chi connectivity index (χ0n) is 10.0. The molecule has 0 aliphatic heterocycles. The highest BCUT2D eigenvalue weighted by atomic mass is 79.9. The quantitative estimate of drug-likeness (QED) is 0.607. The number of hydrogen-bond acceptors (Lipinski definition) is 4. The molecule has 0 saturated heterocycles. The molecular weight excluding hydrogens is 394 g/mol. The van der Waals surface area contributed by atoms with Crippen molar-refractivity contribution >= 4 is 37.5 Å². The Morgan fingerprint density at radius 1 is 1.10 bits per heavy atom. The molecule has 0 heterocycles. The molecule has 104 valence electrons. The van der Waals surface area contributed by atoms with E-state index in [0.29, 0.717) is 15.8 Å². The van der Waals surface area contributed by atoms with E-state index in [9.17, 15) is 15.2 Å². The van der Waals surface area contributed by atoms with Crippen molar-refractivity contribution < 1.29 is 14.8 Å². The second-order valence-corrected chi connectivity index (χ2v) is 5.71. The summed E-state index contributed by atoms with van der Waals surface area (Å²) in [5.74, 6) is 0.497. The minimum atomic E-state index is -0.516. The van der Waals surface area contributed by atoms with Gasteiger partial charge in [0, 0.05) is 20.6 Å². The number of ether oxygens (including phenoxy) is 1. The number of benzene rings is 2. The molecule has 0 spiro atoms. The van der Waals surface area contributed by atoms with E-state index >= 15 is 0 Å². The summed E-state index contributed by atoms with van der Waals surface area (Å²) in [5, 5.41) is 20.3. The monoisotopic (exact) mass is 401 g/mol. The van der Waals surface area contributed by atoms with Crippen LogP contribution < -0.4 is 4.74 Å². The number of nitro benzene ring substituents is 1. The van der Waals surface area contributed by atoms with Crippen molar-refractivity contribution in [2.45, 2.75) is 6.61 Å². The van der Waals surface area contributed by atoms with Gasteiger partial charge in [0.25, 0.3) is 0 Å². The molecular formula is C13H9Br2NO4. The summed E-state index contributed by atoms with van der Waals surface area (Å²) in [5.41, 5.74) is 0.391. The molecule has 0 amide bonds. The molecule has 0 fully saturated rings. The van der Waals surface area contributed by atoms with Crippen molar-refractivity contribution in [1.82, 2.24) is 0 Å². The first-order chi connectivity index (χ1) is 9.51. The maximum atomic E-state index is 11.0. The number of aliphatic hydroxyl groups excluding tert-OH is 1. The van der Waals surface area contributed by atoms with Crippen LogP contribution in [0.1, 0.15) is 5.56 Å². The molecule has 0 aliphatic carbocycles. The van der Waals surface area contributed by atoms with Gasteiger partial charge in [-0.15, -0.1) is 0 Å². The number of hydrogen-bond donors (Lipinski definition) is 1. The van der Waals surface area contributed by atoms with Crippen LogP contribution in [-0.2, 0) is 6.61 Å². The summed E-state index contributed by atoms with van der Waals surface area (Å²) < 4.78 is 6.94. The fourth-order valence-corrected chi connectivity index (χ4v) is 2.37. The van der Waals surface area contributed by atoms with E-state index in [1.165, 1.54) is 12.1 Å². The second kappa shape index (κ2) is 6.34. The molecule has 0 saturated carbocycles. The molecule has 0 radical (unpaired) electrons. The molecule has 0 aliphatic rings. The zero-order valence-corrected chi connectivity index (χ0v) is 13.2. The molecule has 20 heavy (non-hydrogen) atoms. The van der Waals surface area contributed by atoms with E-state index in [1.807, 2.05) is 0 Å². The molecule has 0 unspecified atom stereocenters. The Morgan fingerprint density at radius 2 is 1.70 bits per heavy atom. The molecule has 7 heteroatoms. The topological polar surface area (TPSA) is 72.6 Å². The molecule has 2 aromatic carbocycles. The van der Waals surface area contributed by atoms with Crippen molar-refractivity contribution in [3.05, 3.63) is 61.0 Å². The van der Waals surface area contributed by atoms with E-state index in [2.05, 4.69) is 31.9 Å². The Kier molecular flexibility index (Phi) is 4.74. The lowest BCUT2D eigenvalue weighted by Crippen LogP contribution is -1.96. The highest BCUT2D eigenvalue weighted by molar-refractivity contribution is 9.10. The Morgan fingerprint density at radius 3 is 2.30 bits per heavy atom. The molecule has 0 bridgehead atoms. The molecule has 0 aromatic heterocycles. The molecule has 5 nitrogen and oxygen atoms in total. The first-order valence-corrected chi connectivity index (χ1v) is 7.11. The van der Waals surface area contributed by atoms with Gasteiger partial charge < -0.3 is 9.84 Å². The van der Waals surface area contributed by atoms with Crippen LogP contribution in [0.3, 0.4) is 0 Å². The maximum Gasteiger partial charge on any atom is 0.312 e. The van der Waals surface area contributed by atoms with Crippen molar-refractivity contribution in [1.29, 1.82) is 0 Å². The third kappa shape index (κ3) is 3.36. The maximum absolute atomic E-state index is 11.0. The average Bonchev–Trinajstić information content (AvgIpc) is 2.42. The number of halogens is 2. The molecule has 0 atom stereocenters. The number of nitro groups is 1. The molecule has 2 rings (SSSR count). The van der Waals surface area contributed by atoms with Crippen LogP contribution in [0.2, 0.25) is 0 Å². The van der Waals surface area contributed by atoms with Gasteiger partial charge in [0.15, 0.2) is 0 Å². The van der Waals surface area contributed by atoms with Gasteiger partial charge >= 0.3 is 5.69 Å².